The number of hydrogen-bond donors (Lipinski definition) is 1. The van der Waals surface area contributed by atoms with E-state index < -0.39 is 5.82 Å². The molecule has 0 aliphatic heterocycles. The first-order valence-electron chi connectivity index (χ1n) is 6.91. The molecule has 0 bridgehead atoms. The van der Waals surface area contributed by atoms with Crippen molar-refractivity contribution in [2.24, 2.45) is 0 Å². The second-order valence-electron chi connectivity index (χ2n) is 5.03. The highest BCUT2D eigenvalue weighted by molar-refractivity contribution is 6.32. The van der Waals surface area contributed by atoms with E-state index in [1.54, 1.807) is 23.1 Å². The van der Waals surface area contributed by atoms with Gasteiger partial charge in [-0.3, -0.25) is 4.79 Å². The van der Waals surface area contributed by atoms with Crippen molar-refractivity contribution < 1.29 is 9.18 Å². The molecule has 1 amide bonds. The maximum Gasteiger partial charge on any atom is 0.221 e. The zero-order chi connectivity index (χ0) is 16.4. The van der Waals surface area contributed by atoms with Crippen LogP contribution in [-0.4, -0.2) is 15.7 Å². The third kappa shape index (κ3) is 3.40. The number of halogens is 2. The molecule has 1 N–H and O–H groups in total. The molecule has 0 unspecified atom stereocenters. The monoisotopic (exact) mass is 329 g/mol. The number of carbonyl (C=O) groups is 1. The van der Waals surface area contributed by atoms with Crippen molar-refractivity contribution in [2.45, 2.75) is 6.92 Å². The minimum absolute atomic E-state index is 0.129. The Labute approximate surface area is 137 Å². The molecule has 0 aliphatic carbocycles. The molecule has 23 heavy (non-hydrogen) atoms. The molecule has 2 aromatic carbocycles. The summed E-state index contributed by atoms with van der Waals surface area (Å²) in [4.78, 5) is 11.1. The van der Waals surface area contributed by atoms with E-state index in [-0.39, 0.29) is 10.9 Å². The molecule has 116 valence electrons. The number of benzene rings is 2. The summed E-state index contributed by atoms with van der Waals surface area (Å²) in [6.07, 6.45) is 3.48. The first-order chi connectivity index (χ1) is 11.0. The molecule has 4 nitrogen and oxygen atoms in total. The lowest BCUT2D eigenvalue weighted by Gasteiger charge is -2.05. The van der Waals surface area contributed by atoms with Crippen molar-refractivity contribution in [1.29, 1.82) is 0 Å². The summed E-state index contributed by atoms with van der Waals surface area (Å²) in [6, 6.07) is 11.6. The van der Waals surface area contributed by atoms with Crippen LogP contribution in [0.3, 0.4) is 0 Å². The fourth-order valence-corrected chi connectivity index (χ4v) is 2.50. The summed E-state index contributed by atoms with van der Waals surface area (Å²) >= 11 is 6.05. The largest absolute Gasteiger partial charge is 0.326 e. The summed E-state index contributed by atoms with van der Waals surface area (Å²) in [6.45, 7) is 1.46. The lowest BCUT2D eigenvalue weighted by molar-refractivity contribution is -0.114. The molecule has 3 rings (SSSR count). The van der Waals surface area contributed by atoms with Crippen molar-refractivity contribution in [3.8, 4) is 16.8 Å². The highest BCUT2D eigenvalue weighted by atomic mass is 35.5. The molecule has 0 fully saturated rings. The number of nitrogens with one attached hydrogen (secondary N) is 1. The Bertz CT molecular complexity index is 876. The van der Waals surface area contributed by atoms with Crippen LogP contribution < -0.4 is 5.32 Å². The fourth-order valence-electron chi connectivity index (χ4n) is 2.25. The summed E-state index contributed by atoms with van der Waals surface area (Å²) in [5, 5.41) is 7.29. The average Bonchev–Trinajstić information content (AvgIpc) is 2.96. The van der Waals surface area contributed by atoms with E-state index in [0.29, 0.717) is 11.4 Å². The van der Waals surface area contributed by atoms with Crippen LogP contribution in [0.4, 0.5) is 10.1 Å². The lowest BCUT2D eigenvalue weighted by atomic mass is 10.1. The van der Waals surface area contributed by atoms with Crippen LogP contribution in [0.5, 0.6) is 0 Å². The minimum Gasteiger partial charge on any atom is -0.326 e. The van der Waals surface area contributed by atoms with Gasteiger partial charge in [-0.15, -0.1) is 0 Å². The van der Waals surface area contributed by atoms with Crippen LogP contribution in [0.25, 0.3) is 16.8 Å². The summed E-state index contributed by atoms with van der Waals surface area (Å²) in [5.74, 6) is -0.523. The van der Waals surface area contributed by atoms with Gasteiger partial charge in [0.25, 0.3) is 0 Å². The van der Waals surface area contributed by atoms with Crippen LogP contribution in [0.15, 0.2) is 54.9 Å². The zero-order valence-corrected chi connectivity index (χ0v) is 13.0. The van der Waals surface area contributed by atoms with Crippen LogP contribution in [-0.2, 0) is 4.79 Å². The molecular formula is C17H13ClFN3O. The van der Waals surface area contributed by atoms with Crippen molar-refractivity contribution in [1.82, 2.24) is 9.78 Å². The standard InChI is InChI=1S/C17H13ClFN3O/c1-11(23)21-15-4-2-3-12(7-15)13-9-20-22(10-13)17-6-5-14(19)8-16(17)18/h2-10H,1H3,(H,21,23). The number of amides is 1. The molecule has 0 spiro atoms. The molecule has 0 aliphatic rings. The maximum absolute atomic E-state index is 13.1. The molecular weight excluding hydrogens is 317 g/mol. The molecule has 6 heteroatoms. The lowest BCUT2D eigenvalue weighted by Crippen LogP contribution is -2.05. The van der Waals surface area contributed by atoms with E-state index in [9.17, 15) is 9.18 Å². The molecule has 1 heterocycles. The Morgan fingerprint density at radius 3 is 2.78 bits per heavy atom. The number of aromatic nitrogens is 2. The van der Waals surface area contributed by atoms with Crippen molar-refractivity contribution >= 4 is 23.2 Å². The normalized spacial score (nSPS) is 10.6. The van der Waals surface area contributed by atoms with Crippen molar-refractivity contribution in [3.63, 3.8) is 0 Å². The maximum atomic E-state index is 13.1. The quantitative estimate of drug-likeness (QED) is 0.779. The van der Waals surface area contributed by atoms with Crippen LogP contribution >= 0.6 is 11.6 Å². The number of nitrogens with zero attached hydrogens (tertiary/aromatic N) is 2. The predicted octanol–water partition coefficient (Wildman–Crippen LogP) is 4.29. The summed E-state index contributed by atoms with van der Waals surface area (Å²) in [7, 11) is 0. The van der Waals surface area contributed by atoms with Crippen LogP contribution in [0.2, 0.25) is 5.02 Å². The molecule has 1 aromatic heterocycles. The van der Waals surface area contributed by atoms with Gasteiger partial charge in [-0.2, -0.15) is 5.10 Å². The van der Waals surface area contributed by atoms with E-state index in [2.05, 4.69) is 10.4 Å². The average molecular weight is 330 g/mol. The first-order valence-corrected chi connectivity index (χ1v) is 7.29. The highest BCUT2D eigenvalue weighted by Crippen LogP contribution is 2.26. The Kier molecular flexibility index (Phi) is 4.12. The second kappa shape index (κ2) is 6.22. The predicted molar refractivity (Wildman–Crippen MR) is 88.3 cm³/mol. The highest BCUT2D eigenvalue weighted by Gasteiger charge is 2.08. The van der Waals surface area contributed by atoms with Gasteiger partial charge in [-0.1, -0.05) is 23.7 Å². The molecule has 0 radical (unpaired) electrons. The molecule has 0 saturated carbocycles. The fraction of sp³-hybridized carbons (Fsp3) is 0.0588. The van der Waals surface area contributed by atoms with E-state index in [4.69, 9.17) is 11.6 Å². The van der Waals surface area contributed by atoms with Gasteiger partial charge in [0.1, 0.15) is 5.82 Å². The first kappa shape index (κ1) is 15.2. The van der Waals surface area contributed by atoms with Gasteiger partial charge < -0.3 is 5.32 Å². The Balaban J connectivity index is 1.94. The molecule has 0 saturated heterocycles. The van der Waals surface area contributed by atoms with Gasteiger partial charge in [-0.25, -0.2) is 9.07 Å². The number of rotatable bonds is 3. The third-order valence-corrected chi connectivity index (χ3v) is 3.56. The van der Waals surface area contributed by atoms with Gasteiger partial charge >= 0.3 is 0 Å². The number of hydrogen-bond acceptors (Lipinski definition) is 2. The Hall–Kier alpha value is -2.66. The van der Waals surface area contributed by atoms with Crippen molar-refractivity contribution in [2.75, 3.05) is 5.32 Å². The summed E-state index contributed by atoms with van der Waals surface area (Å²) < 4.78 is 14.7. The van der Waals surface area contributed by atoms with Gasteiger partial charge in [0, 0.05) is 24.4 Å². The van der Waals surface area contributed by atoms with Gasteiger partial charge in [0.2, 0.25) is 5.91 Å². The summed E-state index contributed by atoms with van der Waals surface area (Å²) in [5.41, 5.74) is 3.07. The number of carbonyl (C=O) groups excluding carboxylic acids is 1. The smallest absolute Gasteiger partial charge is 0.221 e. The van der Waals surface area contributed by atoms with E-state index in [0.717, 1.165) is 11.1 Å². The Morgan fingerprint density at radius 2 is 2.04 bits per heavy atom. The van der Waals surface area contributed by atoms with E-state index in [1.165, 1.54) is 19.1 Å². The third-order valence-electron chi connectivity index (χ3n) is 3.26. The molecule has 3 aromatic rings. The zero-order valence-electron chi connectivity index (χ0n) is 12.3. The SMILES string of the molecule is CC(=O)Nc1cccc(-c2cnn(-c3ccc(F)cc3Cl)c2)c1. The van der Waals surface area contributed by atoms with Crippen LogP contribution in [0.1, 0.15) is 6.92 Å². The van der Waals surface area contributed by atoms with Gasteiger partial charge in [0.15, 0.2) is 0 Å². The van der Waals surface area contributed by atoms with Crippen LogP contribution in [0, 0.1) is 5.82 Å². The molecule has 0 atom stereocenters. The van der Waals surface area contributed by atoms with Crippen molar-refractivity contribution in [3.05, 3.63) is 65.7 Å². The second-order valence-corrected chi connectivity index (χ2v) is 5.44. The van der Waals surface area contributed by atoms with Gasteiger partial charge in [-0.05, 0) is 35.9 Å². The Morgan fingerprint density at radius 1 is 1.22 bits per heavy atom. The number of anilines is 1. The topological polar surface area (TPSA) is 46.9 Å². The van der Waals surface area contributed by atoms with Gasteiger partial charge in [0.05, 0.1) is 16.9 Å². The van der Waals surface area contributed by atoms with E-state index >= 15 is 0 Å². The minimum atomic E-state index is -0.394. The van der Waals surface area contributed by atoms with E-state index in [1.807, 2.05) is 24.3 Å².